The first kappa shape index (κ1) is 9.40. The molecule has 3 heteroatoms. The maximum Gasteiger partial charge on any atom is 0.251 e. The third-order valence-corrected chi connectivity index (χ3v) is 3.82. The molecule has 1 amide bonds. The minimum Gasteiger partial charge on any atom is -0.351 e. The van der Waals surface area contributed by atoms with Gasteiger partial charge >= 0.3 is 0 Å². The Bertz CT molecular complexity index is 426. The minimum absolute atomic E-state index is 0.0781. The molecule has 1 aromatic carbocycles. The SMILES string of the molecule is O=C1NCC(C2CC2)c2cc(Br)ccc21. The van der Waals surface area contributed by atoms with Gasteiger partial charge in [0.05, 0.1) is 0 Å². The number of nitrogens with one attached hydrogen (secondary N) is 1. The molecule has 0 spiro atoms. The standard InChI is InChI=1S/C12H12BrNO/c13-8-3-4-9-10(5-8)11(7-1-2-7)6-14-12(9)15/h3-5,7,11H,1-2,6H2,(H,14,15). The molecule has 1 N–H and O–H groups in total. The zero-order valence-corrected chi connectivity index (χ0v) is 9.88. The van der Waals surface area contributed by atoms with E-state index in [1.807, 2.05) is 12.1 Å². The number of amides is 1. The summed E-state index contributed by atoms with van der Waals surface area (Å²) in [4.78, 5) is 11.7. The van der Waals surface area contributed by atoms with E-state index in [-0.39, 0.29) is 5.91 Å². The Hall–Kier alpha value is -0.830. The Morgan fingerprint density at radius 1 is 1.33 bits per heavy atom. The van der Waals surface area contributed by atoms with Crippen LogP contribution in [0.3, 0.4) is 0 Å². The largest absolute Gasteiger partial charge is 0.351 e. The van der Waals surface area contributed by atoms with Crippen molar-refractivity contribution in [3.8, 4) is 0 Å². The molecule has 15 heavy (non-hydrogen) atoms. The quantitative estimate of drug-likeness (QED) is 0.831. The van der Waals surface area contributed by atoms with Gasteiger partial charge in [0.15, 0.2) is 0 Å². The van der Waals surface area contributed by atoms with E-state index in [9.17, 15) is 4.79 Å². The molecular weight excluding hydrogens is 254 g/mol. The first-order valence-electron chi connectivity index (χ1n) is 5.33. The van der Waals surface area contributed by atoms with E-state index in [1.165, 1.54) is 18.4 Å². The van der Waals surface area contributed by atoms with E-state index in [2.05, 4.69) is 27.3 Å². The van der Waals surface area contributed by atoms with E-state index in [0.29, 0.717) is 5.92 Å². The van der Waals surface area contributed by atoms with Crippen LogP contribution >= 0.6 is 15.9 Å². The topological polar surface area (TPSA) is 29.1 Å². The summed E-state index contributed by atoms with van der Waals surface area (Å²) in [6, 6.07) is 5.97. The Kier molecular flexibility index (Phi) is 2.09. The van der Waals surface area contributed by atoms with Gasteiger partial charge in [-0.3, -0.25) is 4.79 Å². The average molecular weight is 266 g/mol. The van der Waals surface area contributed by atoms with Gasteiger partial charge in [0, 0.05) is 22.5 Å². The lowest BCUT2D eigenvalue weighted by molar-refractivity contribution is 0.0938. The van der Waals surface area contributed by atoms with Crippen LogP contribution in [0.25, 0.3) is 0 Å². The van der Waals surface area contributed by atoms with Crippen LogP contribution in [0.15, 0.2) is 22.7 Å². The summed E-state index contributed by atoms with van der Waals surface area (Å²) in [5.41, 5.74) is 2.09. The predicted molar refractivity (Wildman–Crippen MR) is 61.9 cm³/mol. The molecule has 0 saturated heterocycles. The average Bonchev–Trinajstić information content (AvgIpc) is 3.02. The van der Waals surface area contributed by atoms with E-state index in [0.717, 1.165) is 22.5 Å². The maximum absolute atomic E-state index is 11.7. The number of carbonyl (C=O) groups excluding carboxylic acids is 1. The fourth-order valence-electron chi connectivity index (χ4n) is 2.37. The van der Waals surface area contributed by atoms with Crippen molar-refractivity contribution in [2.75, 3.05) is 6.54 Å². The van der Waals surface area contributed by atoms with Crippen LogP contribution in [0.1, 0.15) is 34.7 Å². The van der Waals surface area contributed by atoms with Crippen molar-refractivity contribution < 1.29 is 4.79 Å². The van der Waals surface area contributed by atoms with E-state index in [4.69, 9.17) is 0 Å². The second-order valence-corrected chi connectivity index (χ2v) is 5.30. The molecule has 2 nitrogen and oxygen atoms in total. The van der Waals surface area contributed by atoms with E-state index in [1.54, 1.807) is 0 Å². The first-order chi connectivity index (χ1) is 7.25. The van der Waals surface area contributed by atoms with Gasteiger partial charge in [-0.1, -0.05) is 15.9 Å². The summed E-state index contributed by atoms with van der Waals surface area (Å²) in [7, 11) is 0. The second kappa shape index (κ2) is 3.34. The number of halogens is 1. The number of carbonyl (C=O) groups is 1. The third kappa shape index (κ3) is 1.59. The molecule has 2 aliphatic rings. The minimum atomic E-state index is 0.0781. The summed E-state index contributed by atoms with van der Waals surface area (Å²) in [5, 5.41) is 2.97. The van der Waals surface area contributed by atoms with Crippen molar-refractivity contribution in [1.82, 2.24) is 5.32 Å². The number of hydrogen-bond donors (Lipinski definition) is 1. The molecule has 1 heterocycles. The molecule has 0 aromatic heterocycles. The molecule has 78 valence electrons. The highest BCUT2D eigenvalue weighted by atomic mass is 79.9. The van der Waals surface area contributed by atoms with Crippen molar-refractivity contribution >= 4 is 21.8 Å². The van der Waals surface area contributed by atoms with Gasteiger partial charge in [0.25, 0.3) is 5.91 Å². The fraction of sp³-hybridized carbons (Fsp3) is 0.417. The highest BCUT2D eigenvalue weighted by molar-refractivity contribution is 9.10. The lowest BCUT2D eigenvalue weighted by Crippen LogP contribution is -2.35. The molecular formula is C12H12BrNO. The van der Waals surface area contributed by atoms with Crippen LogP contribution in [0.4, 0.5) is 0 Å². The van der Waals surface area contributed by atoms with Gasteiger partial charge in [-0.15, -0.1) is 0 Å². The maximum atomic E-state index is 11.7. The Labute approximate surface area is 97.2 Å². The van der Waals surface area contributed by atoms with Crippen molar-refractivity contribution in [3.63, 3.8) is 0 Å². The summed E-state index contributed by atoms with van der Waals surface area (Å²) in [5.74, 6) is 1.41. The van der Waals surface area contributed by atoms with Crippen molar-refractivity contribution in [1.29, 1.82) is 0 Å². The van der Waals surface area contributed by atoms with Gasteiger partial charge in [-0.2, -0.15) is 0 Å². The Balaban J connectivity index is 2.09. The molecule has 1 aliphatic carbocycles. The summed E-state index contributed by atoms with van der Waals surface area (Å²) >= 11 is 3.48. The molecule has 1 aliphatic heterocycles. The summed E-state index contributed by atoms with van der Waals surface area (Å²) in [6.07, 6.45) is 2.62. The number of fused-ring (bicyclic) bond motifs is 1. The normalized spacial score (nSPS) is 24.6. The smallest absolute Gasteiger partial charge is 0.251 e. The number of benzene rings is 1. The van der Waals surface area contributed by atoms with Gasteiger partial charge < -0.3 is 5.32 Å². The van der Waals surface area contributed by atoms with Crippen LogP contribution in [0.5, 0.6) is 0 Å². The van der Waals surface area contributed by atoms with Crippen LogP contribution in [-0.2, 0) is 0 Å². The second-order valence-electron chi connectivity index (χ2n) is 4.39. The fourth-order valence-corrected chi connectivity index (χ4v) is 2.75. The summed E-state index contributed by atoms with van der Waals surface area (Å²) < 4.78 is 1.07. The van der Waals surface area contributed by atoms with E-state index >= 15 is 0 Å². The van der Waals surface area contributed by atoms with Gasteiger partial charge in [-0.25, -0.2) is 0 Å². The van der Waals surface area contributed by atoms with Crippen molar-refractivity contribution in [3.05, 3.63) is 33.8 Å². The van der Waals surface area contributed by atoms with Crippen molar-refractivity contribution in [2.45, 2.75) is 18.8 Å². The van der Waals surface area contributed by atoms with Gasteiger partial charge in [0.1, 0.15) is 0 Å². The lowest BCUT2D eigenvalue weighted by atomic mass is 9.87. The monoisotopic (exact) mass is 265 g/mol. The third-order valence-electron chi connectivity index (χ3n) is 3.33. The molecule has 1 aromatic rings. The highest BCUT2D eigenvalue weighted by Crippen LogP contribution is 2.44. The molecule has 3 rings (SSSR count). The summed E-state index contributed by atoms with van der Waals surface area (Å²) in [6.45, 7) is 0.812. The highest BCUT2D eigenvalue weighted by Gasteiger charge is 2.36. The van der Waals surface area contributed by atoms with Gasteiger partial charge in [-0.05, 0) is 42.5 Å². The van der Waals surface area contributed by atoms with Crippen molar-refractivity contribution in [2.24, 2.45) is 5.92 Å². The molecule has 1 saturated carbocycles. The number of hydrogen-bond acceptors (Lipinski definition) is 1. The Morgan fingerprint density at radius 2 is 2.13 bits per heavy atom. The number of rotatable bonds is 1. The Morgan fingerprint density at radius 3 is 2.87 bits per heavy atom. The van der Waals surface area contributed by atoms with Crippen LogP contribution < -0.4 is 5.32 Å². The predicted octanol–water partition coefficient (Wildman–Crippen LogP) is 2.69. The van der Waals surface area contributed by atoms with Crippen LogP contribution in [-0.4, -0.2) is 12.5 Å². The van der Waals surface area contributed by atoms with Gasteiger partial charge in [0.2, 0.25) is 0 Å². The zero-order chi connectivity index (χ0) is 10.4. The van der Waals surface area contributed by atoms with Crippen LogP contribution in [0, 0.1) is 5.92 Å². The lowest BCUT2D eigenvalue weighted by Gasteiger charge is -2.25. The molecule has 1 atom stereocenters. The van der Waals surface area contributed by atoms with E-state index < -0.39 is 0 Å². The zero-order valence-electron chi connectivity index (χ0n) is 8.29. The van der Waals surface area contributed by atoms with Crippen LogP contribution in [0.2, 0.25) is 0 Å². The molecule has 1 fully saturated rings. The first-order valence-corrected chi connectivity index (χ1v) is 6.12. The molecule has 1 unspecified atom stereocenters. The molecule has 0 bridgehead atoms. The molecule has 0 radical (unpaired) electrons.